The highest BCUT2D eigenvalue weighted by molar-refractivity contribution is 14.1. The number of amides is 2. The number of alkyl carbamates (subject to hydrolysis) is 1. The van der Waals surface area contributed by atoms with Gasteiger partial charge in [0, 0.05) is 25.0 Å². The molecule has 1 saturated carbocycles. The lowest BCUT2D eigenvalue weighted by Gasteiger charge is -2.34. The molecule has 1 rings (SSSR count). The van der Waals surface area contributed by atoms with E-state index < -0.39 is 11.7 Å². The summed E-state index contributed by atoms with van der Waals surface area (Å²) in [5, 5.41) is 2.79. The molecule has 0 aromatic heterocycles. The van der Waals surface area contributed by atoms with Crippen molar-refractivity contribution < 1.29 is 14.3 Å². The van der Waals surface area contributed by atoms with Gasteiger partial charge in [-0.2, -0.15) is 0 Å². The van der Waals surface area contributed by atoms with Crippen molar-refractivity contribution in [2.75, 3.05) is 7.05 Å². The lowest BCUT2D eigenvalue weighted by atomic mass is 9.82. The number of carbonyl (C=O) groups excluding carboxylic acids is 2. The first-order chi connectivity index (χ1) is 9.10. The molecule has 6 nitrogen and oxygen atoms in total. The maximum Gasteiger partial charge on any atom is 0.407 e. The SMILES string of the molecule is CN(I)C(=O)[C@H]1CC[C@H](N)[C@H](NC(=O)OC(C)(C)C)C1. The fourth-order valence-corrected chi connectivity index (χ4v) is 2.69. The summed E-state index contributed by atoms with van der Waals surface area (Å²) in [7, 11) is 1.73. The second-order valence-corrected chi connectivity index (χ2v) is 7.69. The van der Waals surface area contributed by atoms with Crippen LogP contribution in [-0.4, -0.2) is 39.8 Å². The van der Waals surface area contributed by atoms with Crippen molar-refractivity contribution in [3.63, 3.8) is 0 Å². The minimum Gasteiger partial charge on any atom is -0.444 e. The van der Waals surface area contributed by atoms with Crippen LogP contribution < -0.4 is 11.1 Å². The summed E-state index contributed by atoms with van der Waals surface area (Å²) >= 11 is 1.97. The Labute approximate surface area is 134 Å². The van der Waals surface area contributed by atoms with Crippen LogP contribution in [0.25, 0.3) is 0 Å². The van der Waals surface area contributed by atoms with Gasteiger partial charge in [-0.05, 0) is 40.0 Å². The van der Waals surface area contributed by atoms with Gasteiger partial charge in [0.2, 0.25) is 5.91 Å². The molecule has 0 bridgehead atoms. The Bertz CT molecular complexity index is 368. The third-order valence-electron chi connectivity index (χ3n) is 3.26. The van der Waals surface area contributed by atoms with Crippen LogP contribution >= 0.6 is 22.9 Å². The number of halogens is 1. The molecule has 0 radical (unpaired) electrons. The van der Waals surface area contributed by atoms with Gasteiger partial charge in [-0.25, -0.2) is 4.79 Å². The molecule has 3 N–H and O–H groups in total. The maximum absolute atomic E-state index is 12.0. The van der Waals surface area contributed by atoms with Gasteiger partial charge in [0.15, 0.2) is 0 Å². The first-order valence-electron chi connectivity index (χ1n) is 6.78. The third kappa shape index (κ3) is 5.43. The lowest BCUT2D eigenvalue weighted by molar-refractivity contribution is -0.129. The van der Waals surface area contributed by atoms with Crippen LogP contribution in [0.4, 0.5) is 4.79 Å². The van der Waals surface area contributed by atoms with Crippen LogP contribution in [0, 0.1) is 5.92 Å². The van der Waals surface area contributed by atoms with Crippen LogP contribution in [0.3, 0.4) is 0 Å². The molecule has 1 aliphatic rings. The summed E-state index contributed by atoms with van der Waals surface area (Å²) in [5.41, 5.74) is 5.49. The van der Waals surface area contributed by atoms with E-state index >= 15 is 0 Å². The summed E-state index contributed by atoms with van der Waals surface area (Å²) in [6.07, 6.45) is 1.57. The third-order valence-corrected chi connectivity index (χ3v) is 3.73. The molecule has 2 amide bonds. The Balaban J connectivity index is 2.59. The number of nitrogens with two attached hydrogens (primary N) is 1. The van der Waals surface area contributed by atoms with E-state index in [2.05, 4.69) is 5.32 Å². The predicted octanol–water partition coefficient (Wildman–Crippen LogP) is 1.82. The zero-order valence-electron chi connectivity index (χ0n) is 12.5. The molecule has 116 valence electrons. The number of nitrogens with zero attached hydrogens (tertiary/aromatic N) is 1. The number of hydrogen-bond acceptors (Lipinski definition) is 4. The lowest BCUT2D eigenvalue weighted by Crippen LogP contribution is -2.53. The van der Waals surface area contributed by atoms with Crippen molar-refractivity contribution in [1.82, 2.24) is 8.43 Å². The Kier molecular flexibility index (Phi) is 6.06. The van der Waals surface area contributed by atoms with E-state index in [4.69, 9.17) is 10.5 Å². The molecule has 0 saturated heterocycles. The van der Waals surface area contributed by atoms with Crippen molar-refractivity contribution in [3.8, 4) is 0 Å². The Hall–Kier alpha value is -0.570. The molecular weight excluding hydrogens is 373 g/mol. The minimum atomic E-state index is -0.541. The van der Waals surface area contributed by atoms with Crippen molar-refractivity contribution >= 4 is 34.9 Å². The van der Waals surface area contributed by atoms with Crippen LogP contribution in [-0.2, 0) is 9.53 Å². The first-order valence-corrected chi connectivity index (χ1v) is 7.75. The molecule has 0 spiro atoms. The van der Waals surface area contributed by atoms with Gasteiger partial charge in [-0.3, -0.25) is 7.91 Å². The van der Waals surface area contributed by atoms with E-state index in [-0.39, 0.29) is 23.9 Å². The minimum absolute atomic E-state index is 0.0773. The Morgan fingerprint density at radius 3 is 2.45 bits per heavy atom. The molecule has 1 fully saturated rings. The second-order valence-electron chi connectivity index (χ2n) is 6.24. The maximum atomic E-state index is 12.0. The fraction of sp³-hybridized carbons (Fsp3) is 0.846. The van der Waals surface area contributed by atoms with E-state index in [1.54, 1.807) is 10.2 Å². The average Bonchev–Trinajstić information content (AvgIpc) is 2.28. The molecule has 0 aromatic carbocycles. The van der Waals surface area contributed by atoms with E-state index in [0.717, 1.165) is 12.8 Å². The van der Waals surface area contributed by atoms with Crippen molar-refractivity contribution in [1.29, 1.82) is 0 Å². The standard InChI is InChI=1S/C13H24IN3O3/c1-13(2,3)20-12(19)16-10-7-8(5-6-9(10)15)11(18)17(4)14/h8-10H,5-7,15H2,1-4H3,(H,16,19)/t8-,9-,10+/m0/s1. The summed E-state index contributed by atoms with van der Waals surface area (Å²) in [6.45, 7) is 5.43. The van der Waals surface area contributed by atoms with E-state index in [1.807, 2.05) is 43.6 Å². The van der Waals surface area contributed by atoms with E-state index in [0.29, 0.717) is 6.42 Å². The fourth-order valence-electron chi connectivity index (χ4n) is 2.29. The zero-order chi connectivity index (χ0) is 15.5. The topological polar surface area (TPSA) is 84.7 Å². The van der Waals surface area contributed by atoms with Crippen LogP contribution in [0.1, 0.15) is 40.0 Å². The van der Waals surface area contributed by atoms with Gasteiger partial charge in [-0.1, -0.05) is 0 Å². The molecule has 7 heteroatoms. The highest BCUT2D eigenvalue weighted by atomic mass is 127. The van der Waals surface area contributed by atoms with Crippen LogP contribution in [0.2, 0.25) is 0 Å². The molecule has 0 unspecified atom stereocenters. The second kappa shape index (κ2) is 6.93. The molecule has 20 heavy (non-hydrogen) atoms. The number of ether oxygens (including phenoxy) is 1. The number of hydrogen-bond donors (Lipinski definition) is 2. The summed E-state index contributed by atoms with van der Waals surface area (Å²) in [4.78, 5) is 23.8. The van der Waals surface area contributed by atoms with E-state index in [9.17, 15) is 9.59 Å². The van der Waals surface area contributed by atoms with Gasteiger partial charge in [0.25, 0.3) is 0 Å². The Morgan fingerprint density at radius 1 is 1.35 bits per heavy atom. The molecule has 0 aliphatic heterocycles. The normalized spacial score (nSPS) is 26.8. The molecule has 1 aliphatic carbocycles. The van der Waals surface area contributed by atoms with Gasteiger partial charge < -0.3 is 15.8 Å². The van der Waals surface area contributed by atoms with Crippen molar-refractivity contribution in [2.45, 2.75) is 57.7 Å². The van der Waals surface area contributed by atoms with Gasteiger partial charge in [0.05, 0.1) is 22.9 Å². The largest absolute Gasteiger partial charge is 0.444 e. The molecular formula is C13H24IN3O3. The summed E-state index contributed by atoms with van der Waals surface area (Å²) in [6, 6.07) is -0.352. The van der Waals surface area contributed by atoms with Crippen molar-refractivity contribution in [3.05, 3.63) is 0 Å². The number of carbonyl (C=O) groups is 2. The van der Waals surface area contributed by atoms with Crippen molar-refractivity contribution in [2.24, 2.45) is 11.7 Å². The average molecular weight is 397 g/mol. The predicted molar refractivity (Wildman–Crippen MR) is 85.3 cm³/mol. The zero-order valence-corrected chi connectivity index (χ0v) is 14.6. The van der Waals surface area contributed by atoms with E-state index in [1.165, 1.54) is 0 Å². The smallest absolute Gasteiger partial charge is 0.407 e. The summed E-state index contributed by atoms with van der Waals surface area (Å²) < 4.78 is 6.79. The first kappa shape index (κ1) is 17.5. The highest BCUT2D eigenvalue weighted by Crippen LogP contribution is 2.26. The quantitative estimate of drug-likeness (QED) is 0.550. The molecule has 0 aromatic rings. The molecule has 0 heterocycles. The molecule has 3 atom stereocenters. The highest BCUT2D eigenvalue weighted by Gasteiger charge is 2.34. The summed E-state index contributed by atoms with van der Waals surface area (Å²) in [5.74, 6) is -0.00914. The van der Waals surface area contributed by atoms with Gasteiger partial charge >= 0.3 is 6.09 Å². The monoisotopic (exact) mass is 397 g/mol. The number of nitrogens with one attached hydrogen (secondary N) is 1. The van der Waals surface area contributed by atoms with Gasteiger partial charge in [-0.15, -0.1) is 0 Å². The number of rotatable bonds is 2. The van der Waals surface area contributed by atoms with Crippen LogP contribution in [0.5, 0.6) is 0 Å². The Morgan fingerprint density at radius 2 is 1.95 bits per heavy atom. The van der Waals surface area contributed by atoms with Crippen LogP contribution in [0.15, 0.2) is 0 Å². The van der Waals surface area contributed by atoms with Gasteiger partial charge in [0.1, 0.15) is 5.60 Å².